The second kappa shape index (κ2) is 5.66. The highest BCUT2D eigenvalue weighted by atomic mass is 32.2. The van der Waals surface area contributed by atoms with Crippen LogP contribution >= 0.6 is 0 Å². The van der Waals surface area contributed by atoms with E-state index < -0.39 is 15.6 Å². The molecule has 3 rings (SSSR count). The molecule has 2 aliphatic heterocycles. The van der Waals surface area contributed by atoms with E-state index >= 15 is 0 Å². The van der Waals surface area contributed by atoms with Gasteiger partial charge in [0, 0.05) is 39.8 Å². The van der Waals surface area contributed by atoms with Gasteiger partial charge in [-0.1, -0.05) is 6.07 Å². The van der Waals surface area contributed by atoms with Crippen LogP contribution in [-0.2, 0) is 32.6 Å². The lowest BCUT2D eigenvalue weighted by Crippen LogP contribution is -2.44. The lowest BCUT2D eigenvalue weighted by Gasteiger charge is -2.25. The molecule has 7 heteroatoms. The molecule has 0 bridgehead atoms. The highest BCUT2D eigenvalue weighted by Gasteiger charge is 2.36. The molecule has 21 heavy (non-hydrogen) atoms. The van der Waals surface area contributed by atoms with Crippen LogP contribution in [0.2, 0.25) is 0 Å². The van der Waals surface area contributed by atoms with Gasteiger partial charge in [-0.2, -0.15) is 0 Å². The predicted octanol–water partition coefficient (Wildman–Crippen LogP) is 0.374. The third-order valence-electron chi connectivity index (χ3n) is 4.20. The van der Waals surface area contributed by atoms with Gasteiger partial charge >= 0.3 is 0 Å². The SMILES string of the molecule is COC1(CNS(=O)(=O)c2ccc3c(c2)CNC3)CCOC1. The zero-order valence-corrected chi connectivity index (χ0v) is 12.8. The van der Waals surface area contributed by atoms with Gasteiger partial charge in [0.25, 0.3) is 0 Å². The minimum Gasteiger partial charge on any atom is -0.378 e. The highest BCUT2D eigenvalue weighted by molar-refractivity contribution is 7.89. The van der Waals surface area contributed by atoms with E-state index in [1.807, 2.05) is 6.07 Å². The van der Waals surface area contributed by atoms with Gasteiger partial charge in [0.15, 0.2) is 0 Å². The monoisotopic (exact) mass is 312 g/mol. The molecule has 0 saturated carbocycles. The first-order valence-corrected chi connectivity index (χ1v) is 8.48. The van der Waals surface area contributed by atoms with Crippen molar-refractivity contribution in [1.29, 1.82) is 0 Å². The standard InChI is InChI=1S/C14H20N2O4S/c1-19-14(4-5-20-10-14)9-16-21(17,18)13-3-2-11-7-15-8-12(11)6-13/h2-3,6,15-16H,4-5,7-10H2,1H3. The smallest absolute Gasteiger partial charge is 0.240 e. The Hall–Kier alpha value is -0.990. The minimum absolute atomic E-state index is 0.223. The first-order chi connectivity index (χ1) is 10.0. The van der Waals surface area contributed by atoms with Crippen molar-refractivity contribution in [3.63, 3.8) is 0 Å². The van der Waals surface area contributed by atoms with Crippen LogP contribution in [0.4, 0.5) is 0 Å². The van der Waals surface area contributed by atoms with Gasteiger partial charge in [-0.05, 0) is 23.3 Å². The number of nitrogens with one attached hydrogen (secondary N) is 2. The lowest BCUT2D eigenvalue weighted by atomic mass is 10.0. The molecule has 0 spiro atoms. The van der Waals surface area contributed by atoms with Crippen LogP contribution in [0.3, 0.4) is 0 Å². The van der Waals surface area contributed by atoms with E-state index in [-0.39, 0.29) is 6.54 Å². The summed E-state index contributed by atoms with van der Waals surface area (Å²) >= 11 is 0. The maximum atomic E-state index is 12.4. The van der Waals surface area contributed by atoms with E-state index in [1.54, 1.807) is 19.2 Å². The van der Waals surface area contributed by atoms with Gasteiger partial charge in [0.05, 0.1) is 11.5 Å². The molecule has 1 aromatic rings. The van der Waals surface area contributed by atoms with E-state index in [0.29, 0.717) is 31.1 Å². The van der Waals surface area contributed by atoms with Crippen molar-refractivity contribution in [3.8, 4) is 0 Å². The van der Waals surface area contributed by atoms with Crippen molar-refractivity contribution in [2.45, 2.75) is 30.0 Å². The molecule has 0 aromatic heterocycles. The summed E-state index contributed by atoms with van der Waals surface area (Å²) in [6.45, 7) is 2.75. The Bertz CT molecular complexity index is 624. The van der Waals surface area contributed by atoms with Gasteiger partial charge < -0.3 is 14.8 Å². The Morgan fingerprint density at radius 3 is 2.90 bits per heavy atom. The quantitative estimate of drug-likeness (QED) is 0.822. The third-order valence-corrected chi connectivity index (χ3v) is 5.60. The Balaban J connectivity index is 1.75. The molecule has 2 heterocycles. The van der Waals surface area contributed by atoms with Gasteiger partial charge in [-0.3, -0.25) is 0 Å². The largest absolute Gasteiger partial charge is 0.378 e. The molecule has 6 nitrogen and oxygen atoms in total. The second-order valence-electron chi connectivity index (χ2n) is 5.55. The van der Waals surface area contributed by atoms with Crippen LogP contribution in [0.25, 0.3) is 0 Å². The highest BCUT2D eigenvalue weighted by Crippen LogP contribution is 2.23. The van der Waals surface area contributed by atoms with E-state index in [4.69, 9.17) is 9.47 Å². The number of rotatable bonds is 5. The minimum atomic E-state index is -3.53. The summed E-state index contributed by atoms with van der Waals surface area (Å²) in [6.07, 6.45) is 0.695. The van der Waals surface area contributed by atoms with Gasteiger partial charge in [0.1, 0.15) is 5.60 Å². The molecule has 0 radical (unpaired) electrons. The Labute approximate surface area is 124 Å². The molecule has 116 valence electrons. The summed E-state index contributed by atoms with van der Waals surface area (Å²) in [5.74, 6) is 0. The molecule has 2 aliphatic rings. The van der Waals surface area contributed by atoms with Crippen molar-refractivity contribution in [2.75, 3.05) is 26.9 Å². The molecule has 2 N–H and O–H groups in total. The fourth-order valence-corrected chi connectivity index (χ4v) is 3.87. The van der Waals surface area contributed by atoms with E-state index in [2.05, 4.69) is 10.0 Å². The normalized spacial score (nSPS) is 25.2. The number of benzene rings is 1. The van der Waals surface area contributed by atoms with Gasteiger partial charge in [-0.15, -0.1) is 0 Å². The lowest BCUT2D eigenvalue weighted by molar-refractivity contribution is -0.0120. The van der Waals surface area contributed by atoms with E-state index in [1.165, 1.54) is 0 Å². The van der Waals surface area contributed by atoms with Crippen molar-refractivity contribution in [3.05, 3.63) is 29.3 Å². The van der Waals surface area contributed by atoms with Crippen LogP contribution in [0, 0.1) is 0 Å². The summed E-state index contributed by atoms with van der Waals surface area (Å²) < 4.78 is 38.2. The van der Waals surface area contributed by atoms with Crippen LogP contribution in [0.1, 0.15) is 17.5 Å². The topological polar surface area (TPSA) is 76.7 Å². The zero-order valence-electron chi connectivity index (χ0n) is 12.0. The zero-order chi connectivity index (χ0) is 14.9. The third kappa shape index (κ3) is 2.97. The van der Waals surface area contributed by atoms with Crippen LogP contribution in [0.15, 0.2) is 23.1 Å². The molecule has 0 amide bonds. The molecule has 1 saturated heterocycles. The molecular formula is C14H20N2O4S. The summed E-state index contributed by atoms with van der Waals surface area (Å²) in [5.41, 5.74) is 1.65. The fraction of sp³-hybridized carbons (Fsp3) is 0.571. The molecule has 1 atom stereocenters. The Morgan fingerprint density at radius 1 is 1.38 bits per heavy atom. The summed E-state index contributed by atoms with van der Waals surface area (Å²) in [6, 6.07) is 5.26. The van der Waals surface area contributed by atoms with Gasteiger partial charge in [0.2, 0.25) is 10.0 Å². The summed E-state index contributed by atoms with van der Waals surface area (Å²) in [4.78, 5) is 0.301. The first kappa shape index (κ1) is 14.9. The maximum Gasteiger partial charge on any atom is 0.240 e. The van der Waals surface area contributed by atoms with Crippen LogP contribution in [-0.4, -0.2) is 40.9 Å². The van der Waals surface area contributed by atoms with E-state index in [0.717, 1.165) is 17.7 Å². The molecular weight excluding hydrogens is 292 g/mol. The molecule has 1 fully saturated rings. The average Bonchev–Trinajstić information content (AvgIpc) is 3.14. The number of sulfonamides is 1. The van der Waals surface area contributed by atoms with Crippen molar-refractivity contribution < 1.29 is 17.9 Å². The van der Waals surface area contributed by atoms with Crippen LogP contribution in [0.5, 0.6) is 0 Å². The number of hydrogen-bond donors (Lipinski definition) is 2. The number of hydrogen-bond acceptors (Lipinski definition) is 5. The van der Waals surface area contributed by atoms with Crippen molar-refractivity contribution >= 4 is 10.0 Å². The maximum absolute atomic E-state index is 12.4. The molecule has 0 aliphatic carbocycles. The van der Waals surface area contributed by atoms with Gasteiger partial charge in [-0.25, -0.2) is 13.1 Å². The van der Waals surface area contributed by atoms with Crippen molar-refractivity contribution in [2.24, 2.45) is 0 Å². The predicted molar refractivity (Wildman–Crippen MR) is 77.4 cm³/mol. The van der Waals surface area contributed by atoms with E-state index in [9.17, 15) is 8.42 Å². The Morgan fingerprint density at radius 2 is 2.19 bits per heavy atom. The fourth-order valence-electron chi connectivity index (χ4n) is 2.71. The van der Waals surface area contributed by atoms with Crippen molar-refractivity contribution in [1.82, 2.24) is 10.0 Å². The number of methoxy groups -OCH3 is 1. The number of ether oxygens (including phenoxy) is 2. The van der Waals surface area contributed by atoms with Crippen LogP contribution < -0.4 is 10.0 Å². The molecule has 1 unspecified atom stereocenters. The first-order valence-electron chi connectivity index (χ1n) is 7.00. The second-order valence-corrected chi connectivity index (χ2v) is 7.32. The number of fused-ring (bicyclic) bond motifs is 1. The Kier molecular flexibility index (Phi) is 4.02. The summed E-state index contributed by atoms with van der Waals surface area (Å²) in [7, 11) is -1.94. The average molecular weight is 312 g/mol. The summed E-state index contributed by atoms with van der Waals surface area (Å²) in [5, 5.41) is 3.21. The molecule has 1 aromatic carbocycles.